The SMILES string of the molecule is Cc1ccc(NC(=O)c2ccnc(NCc3cccc(C)c3)n2)cc1. The van der Waals surface area contributed by atoms with Crippen molar-refractivity contribution in [3.05, 3.63) is 83.2 Å². The number of carbonyl (C=O) groups is 1. The molecule has 1 heterocycles. The lowest BCUT2D eigenvalue weighted by Crippen LogP contribution is -2.15. The van der Waals surface area contributed by atoms with Crippen LogP contribution < -0.4 is 10.6 Å². The molecule has 0 unspecified atom stereocenters. The predicted molar refractivity (Wildman–Crippen MR) is 99.7 cm³/mol. The van der Waals surface area contributed by atoms with E-state index in [-0.39, 0.29) is 5.91 Å². The standard InChI is InChI=1S/C20H20N4O/c1-14-6-8-17(9-7-14)23-19(25)18-10-11-21-20(24-18)22-13-16-5-3-4-15(2)12-16/h3-12H,13H2,1-2H3,(H,23,25)(H,21,22,24). The van der Waals surface area contributed by atoms with Crippen molar-refractivity contribution in [2.75, 3.05) is 10.6 Å². The molecule has 0 atom stereocenters. The van der Waals surface area contributed by atoms with Gasteiger partial charge < -0.3 is 10.6 Å². The summed E-state index contributed by atoms with van der Waals surface area (Å²) < 4.78 is 0. The first kappa shape index (κ1) is 16.6. The van der Waals surface area contributed by atoms with Gasteiger partial charge in [-0.05, 0) is 37.6 Å². The van der Waals surface area contributed by atoms with Crippen molar-refractivity contribution in [3.8, 4) is 0 Å². The number of nitrogens with one attached hydrogen (secondary N) is 2. The number of amides is 1. The number of benzene rings is 2. The van der Waals surface area contributed by atoms with E-state index >= 15 is 0 Å². The summed E-state index contributed by atoms with van der Waals surface area (Å²) in [4.78, 5) is 20.8. The number of hydrogen-bond donors (Lipinski definition) is 2. The Kier molecular flexibility index (Phi) is 5.04. The molecule has 0 aliphatic carbocycles. The summed E-state index contributed by atoms with van der Waals surface area (Å²) in [6.07, 6.45) is 1.58. The van der Waals surface area contributed by atoms with Crippen LogP contribution in [0, 0.1) is 13.8 Å². The molecule has 5 heteroatoms. The summed E-state index contributed by atoms with van der Waals surface area (Å²) >= 11 is 0. The average molecular weight is 332 g/mol. The number of aromatic nitrogens is 2. The third-order valence-electron chi connectivity index (χ3n) is 3.73. The van der Waals surface area contributed by atoms with E-state index in [2.05, 4.69) is 39.7 Å². The molecule has 0 aliphatic rings. The Balaban J connectivity index is 1.66. The van der Waals surface area contributed by atoms with Crippen molar-refractivity contribution in [3.63, 3.8) is 0 Å². The lowest BCUT2D eigenvalue weighted by atomic mass is 10.1. The number of rotatable bonds is 5. The number of nitrogens with zero attached hydrogens (tertiary/aromatic N) is 2. The van der Waals surface area contributed by atoms with Crippen LogP contribution in [0.25, 0.3) is 0 Å². The molecule has 0 saturated carbocycles. The lowest BCUT2D eigenvalue weighted by Gasteiger charge is -2.08. The highest BCUT2D eigenvalue weighted by Gasteiger charge is 2.09. The molecule has 1 aromatic heterocycles. The number of carbonyl (C=O) groups excluding carboxylic acids is 1. The Bertz CT molecular complexity index is 875. The van der Waals surface area contributed by atoms with Crippen LogP contribution in [0.4, 0.5) is 11.6 Å². The van der Waals surface area contributed by atoms with Gasteiger partial charge in [-0.15, -0.1) is 0 Å². The van der Waals surface area contributed by atoms with Crippen molar-refractivity contribution in [1.82, 2.24) is 9.97 Å². The van der Waals surface area contributed by atoms with Gasteiger partial charge >= 0.3 is 0 Å². The first-order valence-corrected chi connectivity index (χ1v) is 8.10. The molecule has 5 nitrogen and oxygen atoms in total. The van der Waals surface area contributed by atoms with E-state index in [1.807, 2.05) is 43.3 Å². The van der Waals surface area contributed by atoms with Gasteiger partial charge in [-0.25, -0.2) is 9.97 Å². The normalized spacial score (nSPS) is 10.3. The second-order valence-corrected chi connectivity index (χ2v) is 5.93. The highest BCUT2D eigenvalue weighted by molar-refractivity contribution is 6.02. The summed E-state index contributed by atoms with van der Waals surface area (Å²) in [5, 5.41) is 5.99. The largest absolute Gasteiger partial charge is 0.350 e. The summed E-state index contributed by atoms with van der Waals surface area (Å²) in [5.74, 6) is 0.169. The molecule has 25 heavy (non-hydrogen) atoms. The minimum Gasteiger partial charge on any atom is -0.350 e. The summed E-state index contributed by atoms with van der Waals surface area (Å²) in [5.41, 5.74) is 4.54. The van der Waals surface area contributed by atoms with E-state index in [1.165, 1.54) is 5.56 Å². The Labute approximate surface area is 147 Å². The van der Waals surface area contributed by atoms with Crippen LogP contribution in [0.5, 0.6) is 0 Å². The van der Waals surface area contributed by atoms with Crippen LogP contribution in [-0.2, 0) is 6.54 Å². The Hall–Kier alpha value is -3.21. The third kappa shape index (κ3) is 4.64. The van der Waals surface area contributed by atoms with Crippen LogP contribution in [-0.4, -0.2) is 15.9 Å². The predicted octanol–water partition coefficient (Wildman–Crippen LogP) is 3.96. The molecule has 0 bridgehead atoms. The van der Waals surface area contributed by atoms with Gasteiger partial charge in [-0.1, -0.05) is 47.5 Å². The van der Waals surface area contributed by atoms with Gasteiger partial charge in [-0.3, -0.25) is 4.79 Å². The molecule has 0 radical (unpaired) electrons. The zero-order chi connectivity index (χ0) is 17.6. The number of hydrogen-bond acceptors (Lipinski definition) is 4. The van der Waals surface area contributed by atoms with Gasteiger partial charge in [0, 0.05) is 18.4 Å². The van der Waals surface area contributed by atoms with Crippen molar-refractivity contribution in [1.29, 1.82) is 0 Å². The van der Waals surface area contributed by atoms with Crippen LogP contribution in [0.1, 0.15) is 27.2 Å². The van der Waals surface area contributed by atoms with E-state index in [0.29, 0.717) is 18.2 Å². The van der Waals surface area contributed by atoms with Gasteiger partial charge in [0.1, 0.15) is 5.69 Å². The van der Waals surface area contributed by atoms with Gasteiger partial charge in [0.05, 0.1) is 0 Å². The van der Waals surface area contributed by atoms with E-state index in [1.54, 1.807) is 12.3 Å². The van der Waals surface area contributed by atoms with Crippen molar-refractivity contribution >= 4 is 17.5 Å². The zero-order valence-corrected chi connectivity index (χ0v) is 14.3. The summed E-state index contributed by atoms with van der Waals surface area (Å²) in [6.45, 7) is 4.66. The molecule has 2 N–H and O–H groups in total. The van der Waals surface area contributed by atoms with Crippen LogP contribution >= 0.6 is 0 Å². The quantitative estimate of drug-likeness (QED) is 0.742. The monoisotopic (exact) mass is 332 g/mol. The van der Waals surface area contributed by atoms with Crippen molar-refractivity contribution < 1.29 is 4.79 Å². The fraction of sp³-hybridized carbons (Fsp3) is 0.150. The molecular weight excluding hydrogens is 312 g/mol. The highest BCUT2D eigenvalue weighted by atomic mass is 16.1. The maximum atomic E-state index is 12.3. The van der Waals surface area contributed by atoms with Crippen LogP contribution in [0.2, 0.25) is 0 Å². The summed E-state index contributed by atoms with van der Waals surface area (Å²) in [7, 11) is 0. The zero-order valence-electron chi connectivity index (χ0n) is 14.3. The molecule has 3 rings (SSSR count). The number of anilines is 2. The molecule has 3 aromatic rings. The van der Waals surface area contributed by atoms with E-state index < -0.39 is 0 Å². The van der Waals surface area contributed by atoms with Gasteiger partial charge in [-0.2, -0.15) is 0 Å². The van der Waals surface area contributed by atoms with Crippen molar-refractivity contribution in [2.45, 2.75) is 20.4 Å². The van der Waals surface area contributed by atoms with Crippen LogP contribution in [0.3, 0.4) is 0 Å². The molecular formula is C20H20N4O. The van der Waals surface area contributed by atoms with E-state index in [4.69, 9.17) is 0 Å². The smallest absolute Gasteiger partial charge is 0.274 e. The van der Waals surface area contributed by atoms with Gasteiger partial charge in [0.15, 0.2) is 0 Å². The van der Waals surface area contributed by atoms with Crippen LogP contribution in [0.15, 0.2) is 60.8 Å². The second kappa shape index (κ2) is 7.57. The molecule has 0 aliphatic heterocycles. The first-order valence-electron chi connectivity index (χ1n) is 8.10. The minimum absolute atomic E-state index is 0.259. The van der Waals surface area contributed by atoms with E-state index in [0.717, 1.165) is 16.8 Å². The Morgan fingerprint density at radius 3 is 2.56 bits per heavy atom. The topological polar surface area (TPSA) is 66.9 Å². The first-order chi connectivity index (χ1) is 12.1. The fourth-order valence-corrected chi connectivity index (χ4v) is 2.41. The minimum atomic E-state index is -0.259. The fourth-order valence-electron chi connectivity index (χ4n) is 2.41. The lowest BCUT2D eigenvalue weighted by molar-refractivity contribution is 0.102. The molecule has 0 spiro atoms. The van der Waals surface area contributed by atoms with Gasteiger partial charge in [0.25, 0.3) is 5.91 Å². The third-order valence-corrected chi connectivity index (χ3v) is 3.73. The van der Waals surface area contributed by atoms with Crippen molar-refractivity contribution in [2.24, 2.45) is 0 Å². The molecule has 0 saturated heterocycles. The van der Waals surface area contributed by atoms with E-state index in [9.17, 15) is 4.79 Å². The summed E-state index contributed by atoms with van der Waals surface area (Å²) in [6, 6.07) is 17.4. The highest BCUT2D eigenvalue weighted by Crippen LogP contribution is 2.11. The molecule has 126 valence electrons. The molecule has 1 amide bonds. The Morgan fingerprint density at radius 1 is 1.00 bits per heavy atom. The average Bonchev–Trinajstić information content (AvgIpc) is 2.62. The number of aryl methyl sites for hydroxylation is 2. The maximum absolute atomic E-state index is 12.3. The second-order valence-electron chi connectivity index (χ2n) is 5.93. The Morgan fingerprint density at radius 2 is 1.80 bits per heavy atom. The molecule has 2 aromatic carbocycles. The van der Waals surface area contributed by atoms with Gasteiger partial charge in [0.2, 0.25) is 5.95 Å². The molecule has 0 fully saturated rings. The maximum Gasteiger partial charge on any atom is 0.274 e.